The molecule has 92 valence electrons. The summed E-state index contributed by atoms with van der Waals surface area (Å²) in [6.45, 7) is 1.72. The molecule has 17 heavy (non-hydrogen) atoms. The first-order valence-corrected chi connectivity index (χ1v) is 6.20. The van der Waals surface area contributed by atoms with Crippen LogP contribution in [0.3, 0.4) is 0 Å². The molecule has 1 aromatic heterocycles. The number of pyridine rings is 1. The number of hydrogen-bond acceptors (Lipinski definition) is 4. The van der Waals surface area contributed by atoms with Crippen molar-refractivity contribution in [1.29, 1.82) is 0 Å². The lowest BCUT2D eigenvalue weighted by Gasteiger charge is -2.22. The highest BCUT2D eigenvalue weighted by Gasteiger charge is 2.18. The summed E-state index contributed by atoms with van der Waals surface area (Å²) in [5, 5.41) is 3.22. The Bertz CT molecular complexity index is 337. The molecular weight excluding hydrogens is 216 g/mol. The summed E-state index contributed by atoms with van der Waals surface area (Å²) >= 11 is 0. The Labute approximate surface area is 101 Å². The molecule has 0 amide bonds. The van der Waals surface area contributed by atoms with E-state index in [4.69, 9.17) is 4.74 Å². The van der Waals surface area contributed by atoms with Crippen LogP contribution in [0.15, 0.2) is 29.7 Å². The van der Waals surface area contributed by atoms with Crippen LogP contribution < -0.4 is 0 Å². The third kappa shape index (κ3) is 3.60. The Morgan fingerprint density at radius 1 is 1.47 bits per heavy atom. The minimum Gasteiger partial charge on any atom is -0.381 e. The molecule has 2 heterocycles. The molecular formula is C13H18N2O2. The predicted molar refractivity (Wildman–Crippen MR) is 65.6 cm³/mol. The molecule has 0 N–H and O–H groups in total. The Morgan fingerprint density at radius 3 is 2.94 bits per heavy atom. The number of aromatic nitrogens is 1. The van der Waals surface area contributed by atoms with Crippen LogP contribution in [0.4, 0.5) is 0 Å². The summed E-state index contributed by atoms with van der Waals surface area (Å²) in [5.41, 5.74) is 0.926. The molecule has 0 aromatic carbocycles. The van der Waals surface area contributed by atoms with Gasteiger partial charge in [-0.1, -0.05) is 11.2 Å². The van der Waals surface area contributed by atoms with Crippen molar-refractivity contribution in [2.45, 2.75) is 31.7 Å². The molecule has 1 saturated heterocycles. The Kier molecular flexibility index (Phi) is 4.62. The normalized spacial score (nSPS) is 18.8. The van der Waals surface area contributed by atoms with Crippen LogP contribution in [0.5, 0.6) is 0 Å². The smallest absolute Gasteiger partial charge is 0.118 e. The first-order chi connectivity index (χ1) is 8.40. The Hall–Kier alpha value is -1.29. The minimum atomic E-state index is -0.244. The van der Waals surface area contributed by atoms with Crippen LogP contribution in [-0.2, 0) is 4.74 Å². The van der Waals surface area contributed by atoms with E-state index in [0.29, 0.717) is 5.92 Å². The number of nitroso groups, excluding NO2 is 1. The van der Waals surface area contributed by atoms with E-state index < -0.39 is 0 Å². The second kappa shape index (κ2) is 6.45. The lowest BCUT2D eigenvalue weighted by molar-refractivity contribution is 0.0627. The van der Waals surface area contributed by atoms with Gasteiger partial charge in [-0.3, -0.25) is 4.98 Å². The molecule has 0 aliphatic carbocycles. The van der Waals surface area contributed by atoms with Crippen molar-refractivity contribution in [1.82, 2.24) is 4.98 Å². The van der Waals surface area contributed by atoms with Crippen molar-refractivity contribution in [3.8, 4) is 0 Å². The lowest BCUT2D eigenvalue weighted by atomic mass is 9.91. The molecule has 0 spiro atoms. The van der Waals surface area contributed by atoms with Crippen LogP contribution >= 0.6 is 0 Å². The van der Waals surface area contributed by atoms with Crippen molar-refractivity contribution in [3.05, 3.63) is 35.0 Å². The molecule has 1 aromatic rings. The zero-order valence-electron chi connectivity index (χ0n) is 9.92. The van der Waals surface area contributed by atoms with Gasteiger partial charge in [0.05, 0.1) is 0 Å². The van der Waals surface area contributed by atoms with Gasteiger partial charge >= 0.3 is 0 Å². The highest BCUT2D eigenvalue weighted by Crippen LogP contribution is 2.27. The number of nitrogens with zero attached hydrogens (tertiary/aromatic N) is 2. The van der Waals surface area contributed by atoms with Crippen molar-refractivity contribution in [3.63, 3.8) is 0 Å². The summed E-state index contributed by atoms with van der Waals surface area (Å²) in [5.74, 6) is 0.685. The summed E-state index contributed by atoms with van der Waals surface area (Å²) < 4.78 is 5.32. The highest BCUT2D eigenvalue weighted by molar-refractivity contribution is 5.13. The molecule has 1 atom stereocenters. The third-order valence-electron chi connectivity index (χ3n) is 3.39. The molecule has 1 fully saturated rings. The zero-order chi connectivity index (χ0) is 11.9. The number of ether oxygens (including phenoxy) is 1. The standard InChI is InChI=1S/C13H18N2O2/c16-15-13(12-2-1-7-14-10-12)4-3-11-5-8-17-9-6-11/h1-2,7,10-11,13H,3-6,8-9H2. The van der Waals surface area contributed by atoms with Crippen LogP contribution in [0, 0.1) is 10.8 Å². The van der Waals surface area contributed by atoms with Gasteiger partial charge in [0.15, 0.2) is 0 Å². The topological polar surface area (TPSA) is 51.5 Å². The van der Waals surface area contributed by atoms with Gasteiger partial charge in [-0.2, -0.15) is 4.91 Å². The third-order valence-corrected chi connectivity index (χ3v) is 3.39. The van der Waals surface area contributed by atoms with Gasteiger partial charge in [-0.05, 0) is 43.2 Å². The van der Waals surface area contributed by atoms with E-state index in [2.05, 4.69) is 10.2 Å². The summed E-state index contributed by atoms with van der Waals surface area (Å²) in [7, 11) is 0. The molecule has 2 rings (SSSR count). The summed E-state index contributed by atoms with van der Waals surface area (Å²) in [6, 6.07) is 3.52. The SMILES string of the molecule is O=NC(CCC1CCOCC1)c1cccnc1. The van der Waals surface area contributed by atoms with Gasteiger partial charge in [0, 0.05) is 25.6 Å². The summed E-state index contributed by atoms with van der Waals surface area (Å²) in [6.07, 6.45) is 7.53. The van der Waals surface area contributed by atoms with Crippen LogP contribution in [-0.4, -0.2) is 18.2 Å². The van der Waals surface area contributed by atoms with Crippen molar-refractivity contribution in [2.75, 3.05) is 13.2 Å². The zero-order valence-corrected chi connectivity index (χ0v) is 9.92. The van der Waals surface area contributed by atoms with Gasteiger partial charge in [0.1, 0.15) is 6.04 Å². The second-order valence-electron chi connectivity index (χ2n) is 4.54. The van der Waals surface area contributed by atoms with E-state index in [9.17, 15) is 4.91 Å². The van der Waals surface area contributed by atoms with Crippen LogP contribution in [0.1, 0.15) is 37.3 Å². The van der Waals surface area contributed by atoms with Crippen LogP contribution in [0.25, 0.3) is 0 Å². The lowest BCUT2D eigenvalue weighted by Crippen LogP contribution is -2.16. The first-order valence-electron chi connectivity index (χ1n) is 6.20. The molecule has 1 unspecified atom stereocenters. The summed E-state index contributed by atoms with van der Waals surface area (Å²) in [4.78, 5) is 14.9. The van der Waals surface area contributed by atoms with Gasteiger partial charge in [0.2, 0.25) is 0 Å². The van der Waals surface area contributed by atoms with Gasteiger partial charge in [-0.15, -0.1) is 0 Å². The number of rotatable bonds is 5. The molecule has 4 nitrogen and oxygen atoms in total. The van der Waals surface area contributed by atoms with Gasteiger partial charge in [-0.25, -0.2) is 0 Å². The van der Waals surface area contributed by atoms with E-state index in [1.807, 2.05) is 12.1 Å². The van der Waals surface area contributed by atoms with Crippen molar-refractivity contribution in [2.24, 2.45) is 11.1 Å². The average molecular weight is 234 g/mol. The van der Waals surface area contributed by atoms with Gasteiger partial charge < -0.3 is 4.74 Å². The Morgan fingerprint density at radius 2 is 2.29 bits per heavy atom. The van der Waals surface area contributed by atoms with Crippen LogP contribution in [0.2, 0.25) is 0 Å². The largest absolute Gasteiger partial charge is 0.381 e. The van der Waals surface area contributed by atoms with E-state index in [0.717, 1.165) is 44.5 Å². The van der Waals surface area contributed by atoms with E-state index in [-0.39, 0.29) is 6.04 Å². The van der Waals surface area contributed by atoms with E-state index >= 15 is 0 Å². The van der Waals surface area contributed by atoms with Crippen molar-refractivity contribution >= 4 is 0 Å². The maximum atomic E-state index is 10.9. The molecule has 1 aliphatic rings. The Balaban J connectivity index is 1.85. The molecule has 4 heteroatoms. The quantitative estimate of drug-likeness (QED) is 0.735. The minimum absolute atomic E-state index is 0.244. The average Bonchev–Trinajstić information content (AvgIpc) is 2.42. The van der Waals surface area contributed by atoms with E-state index in [1.54, 1.807) is 12.4 Å². The maximum absolute atomic E-state index is 10.9. The number of hydrogen-bond donors (Lipinski definition) is 0. The monoisotopic (exact) mass is 234 g/mol. The second-order valence-corrected chi connectivity index (χ2v) is 4.54. The fourth-order valence-corrected chi connectivity index (χ4v) is 2.28. The molecule has 0 saturated carbocycles. The molecule has 1 aliphatic heterocycles. The van der Waals surface area contributed by atoms with Crippen molar-refractivity contribution < 1.29 is 4.74 Å². The van der Waals surface area contributed by atoms with Gasteiger partial charge in [0.25, 0.3) is 0 Å². The predicted octanol–water partition coefficient (Wildman–Crippen LogP) is 3.10. The van der Waals surface area contributed by atoms with E-state index in [1.165, 1.54) is 0 Å². The fraction of sp³-hybridized carbons (Fsp3) is 0.615. The maximum Gasteiger partial charge on any atom is 0.118 e. The molecule has 0 radical (unpaired) electrons. The first kappa shape index (κ1) is 12.2. The molecule has 0 bridgehead atoms. The fourth-order valence-electron chi connectivity index (χ4n) is 2.28. The highest BCUT2D eigenvalue weighted by atomic mass is 16.5.